The van der Waals surface area contributed by atoms with E-state index < -0.39 is 23.5 Å². The van der Waals surface area contributed by atoms with Crippen LogP contribution in [0.5, 0.6) is 11.5 Å². The molecule has 0 spiro atoms. The molecule has 1 amide bonds. The first kappa shape index (κ1) is 21.8. The fourth-order valence-corrected chi connectivity index (χ4v) is 4.05. The molecule has 0 aliphatic carbocycles. The number of aliphatic hydroxyl groups is 1. The van der Waals surface area contributed by atoms with E-state index >= 15 is 0 Å². The summed E-state index contributed by atoms with van der Waals surface area (Å²) in [7, 11) is 1.46. The van der Waals surface area contributed by atoms with Crippen LogP contribution in [-0.2, 0) is 14.3 Å². The van der Waals surface area contributed by atoms with Crippen LogP contribution < -0.4 is 4.74 Å². The fraction of sp³-hybridized carbons (Fsp3) is 0.348. The molecular formula is C23H25N3O6. The van der Waals surface area contributed by atoms with Gasteiger partial charge in [0.15, 0.2) is 0 Å². The molecule has 168 valence electrons. The van der Waals surface area contributed by atoms with E-state index in [-0.39, 0.29) is 16.9 Å². The van der Waals surface area contributed by atoms with Gasteiger partial charge < -0.3 is 24.6 Å². The third kappa shape index (κ3) is 4.17. The third-order valence-electron chi connectivity index (χ3n) is 5.76. The Balaban J connectivity index is 1.73. The van der Waals surface area contributed by atoms with E-state index in [1.54, 1.807) is 30.6 Å². The summed E-state index contributed by atoms with van der Waals surface area (Å²) in [5, 5.41) is 21.4. The van der Waals surface area contributed by atoms with Crippen molar-refractivity contribution < 1.29 is 29.3 Å². The average molecular weight is 439 g/mol. The molecule has 2 aliphatic rings. The number of ketones is 1. The number of hydrogen-bond donors (Lipinski definition) is 2. The first-order valence-electron chi connectivity index (χ1n) is 10.4. The molecule has 2 fully saturated rings. The Hall–Kier alpha value is -3.43. The number of hydrogen-bond acceptors (Lipinski definition) is 8. The second kappa shape index (κ2) is 9.37. The molecule has 2 N–H and O–H groups in total. The number of nitrogens with zero attached hydrogens (tertiary/aromatic N) is 3. The van der Waals surface area contributed by atoms with Crippen molar-refractivity contribution in [3.05, 3.63) is 59.4 Å². The quantitative estimate of drug-likeness (QED) is 0.396. The van der Waals surface area contributed by atoms with Gasteiger partial charge in [0, 0.05) is 44.6 Å². The Bertz CT molecular complexity index is 1030. The molecule has 9 nitrogen and oxygen atoms in total. The number of benzene rings is 1. The molecule has 1 atom stereocenters. The highest BCUT2D eigenvalue weighted by Gasteiger charge is 2.46. The lowest BCUT2D eigenvalue weighted by Gasteiger charge is -2.30. The molecule has 2 aliphatic heterocycles. The monoisotopic (exact) mass is 439 g/mol. The summed E-state index contributed by atoms with van der Waals surface area (Å²) in [5.41, 5.74) is 0.569. The van der Waals surface area contributed by atoms with Gasteiger partial charge in [-0.3, -0.25) is 19.5 Å². The molecule has 32 heavy (non-hydrogen) atoms. The highest BCUT2D eigenvalue weighted by atomic mass is 16.5. The Morgan fingerprint density at radius 1 is 1.22 bits per heavy atom. The maximum atomic E-state index is 13.0. The van der Waals surface area contributed by atoms with E-state index in [2.05, 4.69) is 9.88 Å². The lowest BCUT2D eigenvalue weighted by Crippen LogP contribution is -2.42. The minimum absolute atomic E-state index is 0.0471. The van der Waals surface area contributed by atoms with Gasteiger partial charge in [0.25, 0.3) is 11.7 Å². The maximum Gasteiger partial charge on any atom is 0.295 e. The summed E-state index contributed by atoms with van der Waals surface area (Å²) in [6.07, 6.45) is 3.16. The van der Waals surface area contributed by atoms with Gasteiger partial charge in [-0.05, 0) is 23.8 Å². The van der Waals surface area contributed by atoms with E-state index in [1.807, 2.05) is 0 Å². The zero-order valence-corrected chi connectivity index (χ0v) is 17.7. The van der Waals surface area contributed by atoms with Crippen molar-refractivity contribution >= 4 is 17.4 Å². The van der Waals surface area contributed by atoms with Crippen LogP contribution in [0.15, 0.2) is 48.3 Å². The number of methoxy groups -OCH3 is 1. The molecule has 0 saturated carbocycles. The van der Waals surface area contributed by atoms with Gasteiger partial charge in [0.1, 0.15) is 17.3 Å². The van der Waals surface area contributed by atoms with Gasteiger partial charge in [-0.15, -0.1) is 0 Å². The van der Waals surface area contributed by atoms with Gasteiger partial charge in [-0.1, -0.05) is 6.07 Å². The predicted octanol–water partition coefficient (Wildman–Crippen LogP) is 1.55. The molecule has 2 saturated heterocycles. The van der Waals surface area contributed by atoms with Gasteiger partial charge in [-0.25, -0.2) is 0 Å². The standard InChI is InChI=1S/C23H25N3O6/c1-31-16-4-5-17(18(27)13-16)21(28)19-20(15-3-2-6-24-14-15)26(23(30)22(19)29)8-7-25-9-11-32-12-10-25/h2-6,13-14,20,27-28H,7-12H2,1H3/b21-19+. The summed E-state index contributed by atoms with van der Waals surface area (Å²) in [6, 6.07) is 7.00. The highest BCUT2D eigenvalue weighted by Crippen LogP contribution is 2.40. The molecule has 9 heteroatoms. The van der Waals surface area contributed by atoms with Gasteiger partial charge in [0.2, 0.25) is 0 Å². The molecule has 1 aromatic carbocycles. The molecule has 0 bridgehead atoms. The molecular weight excluding hydrogens is 414 g/mol. The first-order chi connectivity index (χ1) is 15.5. The van der Waals surface area contributed by atoms with E-state index in [0.29, 0.717) is 37.6 Å². The number of aromatic hydroxyl groups is 1. The maximum absolute atomic E-state index is 13.0. The second-order valence-electron chi connectivity index (χ2n) is 7.62. The van der Waals surface area contributed by atoms with Crippen molar-refractivity contribution in [2.24, 2.45) is 0 Å². The smallest absolute Gasteiger partial charge is 0.295 e. The van der Waals surface area contributed by atoms with E-state index in [9.17, 15) is 19.8 Å². The van der Waals surface area contributed by atoms with Crippen LogP contribution in [0.3, 0.4) is 0 Å². The van der Waals surface area contributed by atoms with Crippen LogP contribution in [-0.4, -0.2) is 83.2 Å². The number of Topliss-reactive ketones (excluding diaryl/α,β-unsaturated/α-hetero) is 1. The number of morpholine rings is 1. The number of phenols is 1. The van der Waals surface area contributed by atoms with Crippen molar-refractivity contribution in [3.8, 4) is 11.5 Å². The number of aliphatic hydroxyl groups excluding tert-OH is 1. The van der Waals surface area contributed by atoms with Crippen molar-refractivity contribution in [1.29, 1.82) is 0 Å². The summed E-state index contributed by atoms with van der Waals surface area (Å²) < 4.78 is 10.4. The first-order valence-corrected chi connectivity index (χ1v) is 10.4. The molecule has 0 radical (unpaired) electrons. The fourth-order valence-electron chi connectivity index (χ4n) is 4.05. The van der Waals surface area contributed by atoms with E-state index in [4.69, 9.17) is 9.47 Å². The van der Waals surface area contributed by atoms with Crippen LogP contribution in [0.25, 0.3) is 5.76 Å². The number of carbonyl (C=O) groups is 2. The minimum Gasteiger partial charge on any atom is -0.507 e. The summed E-state index contributed by atoms with van der Waals surface area (Å²) in [6.45, 7) is 3.63. The Labute approximate surface area is 185 Å². The molecule has 3 heterocycles. The molecule has 4 rings (SSSR count). The van der Waals surface area contributed by atoms with Gasteiger partial charge in [0.05, 0.1) is 37.5 Å². The normalized spacial score (nSPS) is 21.2. The lowest BCUT2D eigenvalue weighted by atomic mass is 9.96. The Morgan fingerprint density at radius 3 is 2.66 bits per heavy atom. The highest BCUT2D eigenvalue weighted by molar-refractivity contribution is 6.46. The van der Waals surface area contributed by atoms with Crippen LogP contribution in [0.1, 0.15) is 17.2 Å². The summed E-state index contributed by atoms with van der Waals surface area (Å²) in [5.74, 6) is -1.79. The zero-order chi connectivity index (χ0) is 22.7. The number of aromatic nitrogens is 1. The number of rotatable bonds is 6. The summed E-state index contributed by atoms with van der Waals surface area (Å²) >= 11 is 0. The van der Waals surface area contributed by atoms with E-state index in [1.165, 1.54) is 24.1 Å². The second-order valence-corrected chi connectivity index (χ2v) is 7.62. The van der Waals surface area contributed by atoms with Crippen molar-refractivity contribution in [1.82, 2.24) is 14.8 Å². The van der Waals surface area contributed by atoms with Crippen molar-refractivity contribution in [2.45, 2.75) is 6.04 Å². The number of ether oxygens (including phenoxy) is 2. The topological polar surface area (TPSA) is 112 Å². The van der Waals surface area contributed by atoms with Gasteiger partial charge in [-0.2, -0.15) is 0 Å². The third-order valence-corrected chi connectivity index (χ3v) is 5.76. The zero-order valence-electron chi connectivity index (χ0n) is 17.7. The molecule has 1 unspecified atom stereocenters. The molecule has 1 aromatic heterocycles. The van der Waals surface area contributed by atoms with Crippen molar-refractivity contribution in [2.75, 3.05) is 46.5 Å². The number of pyridine rings is 1. The number of carbonyl (C=O) groups excluding carboxylic acids is 2. The SMILES string of the molecule is COc1ccc(/C(O)=C2\C(=O)C(=O)N(CCN3CCOCC3)C2c2cccnc2)c(O)c1. The van der Waals surface area contributed by atoms with Gasteiger partial charge >= 0.3 is 0 Å². The Kier molecular flexibility index (Phi) is 6.38. The number of phenolic OH excluding ortho intramolecular Hbond substituents is 1. The lowest BCUT2D eigenvalue weighted by molar-refractivity contribution is -0.140. The van der Waals surface area contributed by atoms with Crippen LogP contribution in [0.4, 0.5) is 0 Å². The average Bonchev–Trinajstić information content (AvgIpc) is 3.08. The number of amides is 1. The van der Waals surface area contributed by atoms with Crippen LogP contribution >= 0.6 is 0 Å². The van der Waals surface area contributed by atoms with Crippen LogP contribution in [0, 0.1) is 0 Å². The van der Waals surface area contributed by atoms with Crippen LogP contribution in [0.2, 0.25) is 0 Å². The minimum atomic E-state index is -0.814. The Morgan fingerprint density at radius 2 is 2.00 bits per heavy atom. The predicted molar refractivity (Wildman–Crippen MR) is 115 cm³/mol. The summed E-state index contributed by atoms with van der Waals surface area (Å²) in [4.78, 5) is 33.8. The van der Waals surface area contributed by atoms with Crippen molar-refractivity contribution in [3.63, 3.8) is 0 Å². The number of likely N-dealkylation sites (tertiary alicyclic amines) is 1. The molecule has 2 aromatic rings. The van der Waals surface area contributed by atoms with E-state index in [0.717, 1.165) is 13.1 Å². The largest absolute Gasteiger partial charge is 0.507 e.